The van der Waals surface area contributed by atoms with Crippen LogP contribution in [-0.2, 0) is 5.21 Å². The van der Waals surface area contributed by atoms with Crippen molar-refractivity contribution < 1.29 is 9.97 Å². The zero-order valence-electron chi connectivity index (χ0n) is 12.9. The Bertz CT molecular complexity index is 721. The lowest BCUT2D eigenvalue weighted by Crippen LogP contribution is -2.50. The largest absolute Gasteiger partial charge is 0.753 e. The van der Waals surface area contributed by atoms with Crippen LogP contribution >= 0.6 is 0 Å². The number of anilines is 1. The molecule has 22 heavy (non-hydrogen) atoms. The number of hydrogen-bond acceptors (Lipinski definition) is 5. The number of nitroso groups, excluding NO2 is 1. The molecule has 3 rings (SSSR count). The van der Waals surface area contributed by atoms with Gasteiger partial charge in [-0.3, -0.25) is 4.99 Å². The lowest BCUT2D eigenvalue weighted by atomic mass is 9.84. The Morgan fingerprint density at radius 1 is 1.18 bits per heavy atom. The van der Waals surface area contributed by atoms with Crippen molar-refractivity contribution in [2.75, 3.05) is 5.06 Å². The van der Waals surface area contributed by atoms with Crippen LogP contribution in [0.1, 0.15) is 27.7 Å². The van der Waals surface area contributed by atoms with E-state index in [1.54, 1.807) is 52.0 Å². The van der Waals surface area contributed by atoms with Crippen molar-refractivity contribution in [3.8, 4) is 0 Å². The van der Waals surface area contributed by atoms with E-state index < -0.39 is 11.1 Å². The number of hydrogen-bond donors (Lipinski definition) is 0. The molecule has 0 saturated carbocycles. The van der Waals surface area contributed by atoms with Crippen molar-refractivity contribution in [2.45, 2.75) is 38.8 Å². The highest BCUT2D eigenvalue weighted by Gasteiger charge is 2.66. The summed E-state index contributed by atoms with van der Waals surface area (Å²) in [4.78, 5) is 16.8. The number of benzene rings is 1. The monoisotopic (exact) mass is 301 g/mol. The van der Waals surface area contributed by atoms with Crippen LogP contribution in [0.25, 0.3) is 0 Å². The highest BCUT2D eigenvalue weighted by atomic mass is 16.5. The Morgan fingerprint density at radius 3 is 2.41 bits per heavy atom. The molecule has 0 bridgehead atoms. The van der Waals surface area contributed by atoms with E-state index in [9.17, 15) is 15.3 Å². The molecule has 0 atom stereocenters. The van der Waals surface area contributed by atoms with Crippen LogP contribution in [-0.4, -0.2) is 27.1 Å². The standard InChI is InChI=1S/C15H17N4O3/c1-14(2)15(3,4)19(22)13(18(14)21)12-9-16-10-7-5-6-8-11(10)17(12)20/h5-9H,1-4H3. The van der Waals surface area contributed by atoms with E-state index in [2.05, 4.69) is 4.99 Å². The predicted octanol–water partition coefficient (Wildman–Crippen LogP) is 2.87. The van der Waals surface area contributed by atoms with E-state index in [0.29, 0.717) is 26.3 Å². The topological polar surface area (TPSA) is 81.9 Å². The number of allylic oxidation sites excluding steroid dienone is 1. The predicted molar refractivity (Wildman–Crippen MR) is 81.8 cm³/mol. The first kappa shape index (κ1) is 14.7. The van der Waals surface area contributed by atoms with E-state index in [4.69, 9.17) is 0 Å². The molecule has 1 aromatic rings. The molecule has 0 spiro atoms. The van der Waals surface area contributed by atoms with Gasteiger partial charge >= 0.3 is 5.82 Å². The molecule has 1 radical (unpaired) electrons. The molecule has 0 unspecified atom stereocenters. The maximum Gasteiger partial charge on any atom is 0.374 e. The van der Waals surface area contributed by atoms with E-state index in [1.165, 1.54) is 6.21 Å². The van der Waals surface area contributed by atoms with Crippen LogP contribution in [0.2, 0.25) is 0 Å². The van der Waals surface area contributed by atoms with Gasteiger partial charge in [-0.15, -0.1) is 0 Å². The number of rotatable bonds is 0. The van der Waals surface area contributed by atoms with Gasteiger partial charge in [-0.05, 0) is 44.6 Å². The average molecular weight is 301 g/mol. The van der Waals surface area contributed by atoms with Crippen LogP contribution < -0.4 is 5.06 Å². The normalized spacial score (nSPS) is 25.6. The van der Waals surface area contributed by atoms with Crippen molar-refractivity contribution >= 4 is 17.6 Å². The fourth-order valence-corrected chi connectivity index (χ4v) is 2.52. The number of aliphatic imine (C=N–C) groups is 1. The van der Waals surface area contributed by atoms with E-state index in [0.717, 1.165) is 0 Å². The summed E-state index contributed by atoms with van der Waals surface area (Å²) in [5.41, 5.74) is -1.15. The Hall–Kier alpha value is -2.25. The van der Waals surface area contributed by atoms with Crippen LogP contribution in [0.15, 0.2) is 40.8 Å². The van der Waals surface area contributed by atoms with E-state index >= 15 is 0 Å². The minimum Gasteiger partial charge on any atom is -0.753 e. The Balaban J connectivity index is 2.19. The van der Waals surface area contributed by atoms with Crippen molar-refractivity contribution in [1.29, 1.82) is 0 Å². The van der Waals surface area contributed by atoms with Gasteiger partial charge in [-0.25, -0.2) is 0 Å². The number of hydroxylamine groups is 3. The number of nitrogens with zero attached hydrogens (tertiary/aromatic N) is 4. The summed E-state index contributed by atoms with van der Waals surface area (Å²) >= 11 is 0. The summed E-state index contributed by atoms with van der Waals surface area (Å²) in [5.74, 6) is -0.205. The summed E-state index contributed by atoms with van der Waals surface area (Å²) in [6.45, 7) is 6.73. The van der Waals surface area contributed by atoms with Crippen molar-refractivity contribution in [3.05, 3.63) is 45.9 Å². The van der Waals surface area contributed by atoms with Gasteiger partial charge in [0, 0.05) is 5.21 Å². The molecule has 1 aromatic carbocycles. The molecule has 0 aliphatic carbocycles. The second-order valence-corrected chi connectivity index (χ2v) is 6.46. The summed E-state index contributed by atoms with van der Waals surface area (Å²) in [6, 6.07) is 6.78. The van der Waals surface area contributed by atoms with E-state index in [-0.39, 0.29) is 11.5 Å². The van der Waals surface area contributed by atoms with Gasteiger partial charge in [0.25, 0.3) is 0 Å². The Kier molecular flexibility index (Phi) is 2.92. The summed E-state index contributed by atoms with van der Waals surface area (Å²) in [6.07, 6.45) is 1.28. The maximum absolute atomic E-state index is 12.6. The average Bonchev–Trinajstić information content (AvgIpc) is 2.59. The van der Waals surface area contributed by atoms with Crippen LogP contribution in [0, 0.1) is 10.1 Å². The van der Waals surface area contributed by atoms with Crippen molar-refractivity contribution in [1.82, 2.24) is 5.06 Å². The SMILES string of the molecule is CC1(C)N([O])/C(=C2\C=Nc3ccccc3N2[O-])[N+](=O)C1(C)C. The molecule has 2 aliphatic heterocycles. The Labute approximate surface area is 128 Å². The molecule has 2 heterocycles. The first-order chi connectivity index (χ1) is 10.2. The zero-order chi connectivity index (χ0) is 16.3. The highest BCUT2D eigenvalue weighted by Crippen LogP contribution is 2.44. The molecular weight excluding hydrogens is 284 g/mol. The lowest BCUT2D eigenvalue weighted by molar-refractivity contribution is -0.568. The van der Waals surface area contributed by atoms with Gasteiger partial charge in [-0.1, -0.05) is 22.1 Å². The quantitative estimate of drug-likeness (QED) is 0.690. The van der Waals surface area contributed by atoms with Crippen molar-refractivity contribution in [2.24, 2.45) is 4.99 Å². The van der Waals surface area contributed by atoms with Gasteiger partial charge in [-0.2, -0.15) is 0 Å². The lowest BCUT2D eigenvalue weighted by Gasteiger charge is -2.33. The van der Waals surface area contributed by atoms with Crippen molar-refractivity contribution in [3.63, 3.8) is 0 Å². The zero-order valence-corrected chi connectivity index (χ0v) is 12.9. The Morgan fingerprint density at radius 2 is 1.82 bits per heavy atom. The van der Waals surface area contributed by atoms with Gasteiger partial charge in [0.15, 0.2) is 11.1 Å². The van der Waals surface area contributed by atoms with Crippen LogP contribution in [0.4, 0.5) is 11.4 Å². The molecule has 0 amide bonds. The maximum atomic E-state index is 12.6. The minimum atomic E-state index is -0.970. The molecule has 7 nitrogen and oxygen atoms in total. The summed E-state index contributed by atoms with van der Waals surface area (Å²) in [5, 5.41) is 26.4. The fraction of sp³-hybridized carbons (Fsp3) is 0.400. The van der Waals surface area contributed by atoms with Crippen LogP contribution in [0.3, 0.4) is 0 Å². The molecule has 0 N–H and O–H groups in total. The molecule has 2 aliphatic rings. The molecule has 1 saturated heterocycles. The highest BCUT2D eigenvalue weighted by molar-refractivity contribution is 5.94. The molecule has 115 valence electrons. The summed E-state index contributed by atoms with van der Waals surface area (Å²) < 4.78 is 0.611. The molecule has 0 aromatic heterocycles. The number of fused-ring (bicyclic) bond motifs is 1. The van der Waals surface area contributed by atoms with E-state index in [1.807, 2.05) is 0 Å². The molecule has 1 fully saturated rings. The van der Waals surface area contributed by atoms with Gasteiger partial charge in [0.2, 0.25) is 0 Å². The second kappa shape index (κ2) is 4.37. The fourth-order valence-electron chi connectivity index (χ4n) is 2.52. The summed E-state index contributed by atoms with van der Waals surface area (Å²) in [7, 11) is 0. The third-order valence-electron chi connectivity index (χ3n) is 4.77. The van der Waals surface area contributed by atoms with Gasteiger partial charge in [0.05, 0.1) is 17.6 Å². The first-order valence-corrected chi connectivity index (χ1v) is 6.99. The third kappa shape index (κ3) is 1.66. The second-order valence-electron chi connectivity index (χ2n) is 6.46. The van der Waals surface area contributed by atoms with Gasteiger partial charge in [0.1, 0.15) is 5.70 Å². The number of para-hydroxylation sites is 2. The smallest absolute Gasteiger partial charge is 0.374 e. The van der Waals surface area contributed by atoms with Gasteiger partial charge < -0.3 is 10.3 Å². The third-order valence-corrected chi connectivity index (χ3v) is 4.77. The first-order valence-electron chi connectivity index (χ1n) is 6.99. The molecule has 7 heteroatoms. The van der Waals surface area contributed by atoms with Crippen LogP contribution in [0.5, 0.6) is 0 Å². The molecular formula is C15H17N4O3. The minimum absolute atomic E-state index is 0.0395.